The molecule has 14 rings (SSSR count). The van der Waals surface area contributed by atoms with Crippen molar-refractivity contribution in [3.05, 3.63) is 159 Å². The monoisotopic (exact) mass is 936 g/mol. The molecule has 10 heterocycles. The van der Waals surface area contributed by atoms with Crippen LogP contribution in [0.5, 0.6) is 0 Å². The fraction of sp³-hybridized carbons (Fsp3) is 0.246. The number of fused-ring (bicyclic) bond motifs is 8. The number of hydrogen-bond acceptors (Lipinski definition) is 11. The topological polar surface area (TPSA) is 134 Å². The zero-order chi connectivity index (χ0) is 47.8. The van der Waals surface area contributed by atoms with Gasteiger partial charge < -0.3 is 24.8 Å². The van der Waals surface area contributed by atoms with Crippen LogP contribution < -0.4 is 15.1 Å². The summed E-state index contributed by atoms with van der Waals surface area (Å²) in [7, 11) is 0. The van der Waals surface area contributed by atoms with Crippen molar-refractivity contribution in [3.63, 3.8) is 0 Å². The van der Waals surface area contributed by atoms with Gasteiger partial charge in [-0.15, -0.1) is 0 Å². The molecule has 4 aliphatic heterocycles. The number of hydrogen-bond donors (Lipinski definition) is 1. The van der Waals surface area contributed by atoms with Crippen molar-refractivity contribution < 1.29 is 9.53 Å². The van der Waals surface area contributed by atoms with Gasteiger partial charge in [0.1, 0.15) is 5.60 Å². The number of anilines is 2. The summed E-state index contributed by atoms with van der Waals surface area (Å²) < 4.78 is 9.33. The third kappa shape index (κ3) is 7.84. The molecule has 0 radical (unpaired) electrons. The van der Waals surface area contributed by atoms with Crippen molar-refractivity contribution in [2.45, 2.75) is 63.4 Å². The number of nitrogens with zero attached hydrogens (tertiary/aromatic N) is 11. The number of ether oxygens (including phenoxy) is 1. The highest BCUT2D eigenvalue weighted by Crippen LogP contribution is 2.38. The first-order chi connectivity index (χ1) is 34.7. The normalized spacial score (nSPS) is 19.3. The summed E-state index contributed by atoms with van der Waals surface area (Å²) in [6, 6.07) is 39.6. The Bertz CT molecular complexity index is 3630. The summed E-state index contributed by atoms with van der Waals surface area (Å²) in [5, 5.41) is 15.0. The van der Waals surface area contributed by atoms with E-state index in [-0.39, 0.29) is 12.1 Å². The van der Waals surface area contributed by atoms with E-state index in [0.29, 0.717) is 24.7 Å². The van der Waals surface area contributed by atoms with Crippen LogP contribution in [0.4, 0.5) is 16.2 Å². The van der Waals surface area contributed by atoms with Gasteiger partial charge in [-0.1, -0.05) is 60.7 Å². The minimum Gasteiger partial charge on any atom is -0.444 e. The first-order valence-electron chi connectivity index (χ1n) is 24.5. The van der Waals surface area contributed by atoms with Crippen LogP contribution in [0.25, 0.3) is 77.6 Å². The second kappa shape index (κ2) is 17.0. The molecule has 0 saturated carbocycles. The molecule has 0 aliphatic carbocycles. The molecule has 4 aromatic carbocycles. The van der Waals surface area contributed by atoms with Crippen LogP contribution in [0.3, 0.4) is 0 Å². The first-order valence-corrected chi connectivity index (χ1v) is 24.5. The van der Waals surface area contributed by atoms with Crippen molar-refractivity contribution in [3.8, 4) is 44.5 Å². The molecular weight excluding hydrogens is 885 g/mol. The number of pyridine rings is 2. The number of rotatable bonds is 6. The Kier molecular flexibility index (Phi) is 10.3. The third-order valence-electron chi connectivity index (χ3n) is 14.6. The molecular formula is C57H52N12O2. The number of piperazine rings is 2. The zero-order valence-corrected chi connectivity index (χ0v) is 39.8. The highest BCUT2D eigenvalue weighted by molar-refractivity contribution is 5.98. The molecule has 10 aromatic rings. The third-order valence-corrected chi connectivity index (χ3v) is 14.6. The quantitative estimate of drug-likeness (QED) is 0.171. The number of likely N-dealkylation sites (tertiary alicyclic amines) is 1. The summed E-state index contributed by atoms with van der Waals surface area (Å²) in [5.41, 5.74) is 14.1. The Morgan fingerprint density at radius 1 is 0.549 bits per heavy atom. The second-order valence-corrected chi connectivity index (χ2v) is 20.2. The SMILES string of the molecule is CC(C)(C)OC(=O)N1C[C@@H]2C[C@H]1CN2c1ccc(-c2cnc3c(-c4ccnc5ccccc45)cnn3c2)cc1.c1ccc2c(-c3cnn4cc(-c5ccc(N6C[C@@H]7C[C@H]6CN7)cc5)cnc34)ccnc2c1. The molecule has 4 atom stereocenters. The predicted octanol–water partition coefficient (Wildman–Crippen LogP) is 9.97. The summed E-state index contributed by atoms with van der Waals surface area (Å²) in [6.07, 6.45) is 17.4. The second-order valence-electron chi connectivity index (χ2n) is 20.2. The van der Waals surface area contributed by atoms with E-state index in [9.17, 15) is 4.79 Å². The molecule has 4 saturated heterocycles. The van der Waals surface area contributed by atoms with Crippen LogP contribution in [-0.4, -0.2) is 106 Å². The smallest absolute Gasteiger partial charge is 0.410 e. The van der Waals surface area contributed by atoms with Crippen molar-refractivity contribution in [2.24, 2.45) is 0 Å². The molecule has 6 aromatic heterocycles. The van der Waals surface area contributed by atoms with Crippen molar-refractivity contribution in [2.75, 3.05) is 36.0 Å². The predicted molar refractivity (Wildman–Crippen MR) is 278 cm³/mol. The Labute approximate surface area is 410 Å². The van der Waals surface area contributed by atoms with Gasteiger partial charge in [0.15, 0.2) is 11.3 Å². The van der Waals surface area contributed by atoms with E-state index in [1.165, 1.54) is 17.8 Å². The Hall–Kier alpha value is -8.23. The lowest BCUT2D eigenvalue weighted by atomic mass is 10.0. The van der Waals surface area contributed by atoms with E-state index in [2.05, 4.69) is 102 Å². The van der Waals surface area contributed by atoms with Crippen molar-refractivity contribution in [1.29, 1.82) is 0 Å². The summed E-state index contributed by atoms with van der Waals surface area (Å²) in [6.45, 7) is 9.47. The lowest BCUT2D eigenvalue weighted by Crippen LogP contribution is -2.50. The number of amides is 1. The van der Waals surface area contributed by atoms with Crippen LogP contribution in [0.1, 0.15) is 33.6 Å². The van der Waals surface area contributed by atoms with Gasteiger partial charge in [0.05, 0.1) is 29.5 Å². The number of benzene rings is 4. The number of carbonyl (C=O) groups excluding carboxylic acids is 1. The molecule has 14 nitrogen and oxygen atoms in total. The van der Waals surface area contributed by atoms with Crippen LogP contribution >= 0.6 is 0 Å². The van der Waals surface area contributed by atoms with Crippen LogP contribution in [0.2, 0.25) is 0 Å². The summed E-state index contributed by atoms with van der Waals surface area (Å²) in [4.78, 5) is 38.0. The molecule has 4 aliphatic rings. The maximum atomic E-state index is 12.6. The number of aromatic nitrogens is 8. The van der Waals surface area contributed by atoms with Gasteiger partial charge in [-0.2, -0.15) is 10.2 Å². The van der Waals surface area contributed by atoms with Gasteiger partial charge >= 0.3 is 6.09 Å². The zero-order valence-electron chi connectivity index (χ0n) is 39.8. The Morgan fingerprint density at radius 3 is 1.56 bits per heavy atom. The van der Waals surface area contributed by atoms with Crippen molar-refractivity contribution in [1.82, 2.24) is 49.4 Å². The van der Waals surface area contributed by atoms with Gasteiger partial charge in [-0.05, 0) is 104 Å². The van der Waals surface area contributed by atoms with E-state index in [1.54, 1.807) is 0 Å². The molecule has 4 fully saturated rings. The molecule has 4 bridgehead atoms. The van der Waals surface area contributed by atoms with Gasteiger partial charge in [0.25, 0.3) is 0 Å². The molecule has 0 spiro atoms. The Balaban J connectivity index is 0.000000141. The average molecular weight is 937 g/mol. The molecule has 0 unspecified atom stereocenters. The van der Waals surface area contributed by atoms with Gasteiger partial charge in [-0.25, -0.2) is 23.8 Å². The van der Waals surface area contributed by atoms with Gasteiger partial charge in [0, 0.05) is 126 Å². The Morgan fingerprint density at radius 2 is 1.08 bits per heavy atom. The minimum absolute atomic E-state index is 0.197. The summed E-state index contributed by atoms with van der Waals surface area (Å²) >= 11 is 0. The molecule has 1 N–H and O–H groups in total. The highest BCUT2D eigenvalue weighted by atomic mass is 16.6. The van der Waals surface area contributed by atoms with Gasteiger partial charge in [-0.3, -0.25) is 9.97 Å². The lowest BCUT2D eigenvalue weighted by Gasteiger charge is -2.36. The van der Waals surface area contributed by atoms with E-state index < -0.39 is 5.60 Å². The molecule has 14 heteroatoms. The van der Waals surface area contributed by atoms with E-state index in [1.807, 2.05) is 127 Å². The highest BCUT2D eigenvalue weighted by Gasteiger charge is 2.46. The van der Waals surface area contributed by atoms with E-state index >= 15 is 0 Å². The standard InChI is InChI=1S/C31H30N6O2.C26H22N6/c1-31(2,3)39-30(38)36-19-23-14-24(36)18-35(23)22-10-8-20(9-11-22)21-15-33-29-27(16-34-37(29)17-21)25-12-13-32-28-7-5-4-6-26(25)28;1-2-4-25-23(3-1)22(9-10-27-25)24-14-30-32-15-18(12-29-26(24)32)17-5-7-20(8-6-17)31-16-19-11-21(31)13-28-19/h4-13,15-17,23-24H,14,18-19H2,1-3H3;1-10,12,14-15,19,21,28H,11,13,16H2/t23-,24-;19-,21-/m00/s1. The molecule has 1 amide bonds. The maximum Gasteiger partial charge on any atom is 0.410 e. The first kappa shape index (κ1) is 42.8. The van der Waals surface area contributed by atoms with E-state index in [0.717, 1.165) is 104 Å². The van der Waals surface area contributed by atoms with Crippen LogP contribution in [-0.2, 0) is 4.74 Å². The number of nitrogens with one attached hydrogen (secondary N) is 1. The van der Waals surface area contributed by atoms with Crippen LogP contribution in [0.15, 0.2) is 159 Å². The van der Waals surface area contributed by atoms with Crippen LogP contribution in [0, 0.1) is 0 Å². The number of carbonyl (C=O) groups is 1. The van der Waals surface area contributed by atoms with E-state index in [4.69, 9.17) is 14.7 Å². The maximum absolute atomic E-state index is 12.6. The fourth-order valence-corrected chi connectivity index (χ4v) is 11.2. The number of para-hydroxylation sites is 2. The fourth-order valence-electron chi connectivity index (χ4n) is 11.2. The average Bonchev–Trinajstić information content (AvgIpc) is 4.29. The summed E-state index contributed by atoms with van der Waals surface area (Å²) in [5.74, 6) is 0. The van der Waals surface area contributed by atoms with Crippen molar-refractivity contribution >= 4 is 50.6 Å². The molecule has 71 heavy (non-hydrogen) atoms. The van der Waals surface area contributed by atoms with Gasteiger partial charge in [0.2, 0.25) is 0 Å². The molecule has 352 valence electrons. The largest absolute Gasteiger partial charge is 0.444 e. The lowest BCUT2D eigenvalue weighted by molar-refractivity contribution is 0.0214. The minimum atomic E-state index is -0.475.